The van der Waals surface area contributed by atoms with Crippen LogP contribution in [0.5, 0.6) is 0 Å². The molecule has 0 aliphatic carbocycles. The highest BCUT2D eigenvalue weighted by molar-refractivity contribution is 9.11. The number of nitrogens with zero attached hydrogens (tertiary/aromatic N) is 1. The van der Waals surface area contributed by atoms with Crippen molar-refractivity contribution in [3.05, 3.63) is 14.2 Å². The molecule has 15 heavy (non-hydrogen) atoms. The van der Waals surface area contributed by atoms with Gasteiger partial charge in [0.1, 0.15) is 10.5 Å². The Morgan fingerprint density at radius 2 is 2.07 bits per heavy atom. The third-order valence-electron chi connectivity index (χ3n) is 2.86. The molecule has 82 valence electrons. The van der Waals surface area contributed by atoms with Gasteiger partial charge in [-0.15, -0.1) is 11.3 Å². The smallest absolute Gasteiger partial charge is 0.265 e. The lowest BCUT2D eigenvalue weighted by molar-refractivity contribution is 0.0905. The SMILES string of the molecule is Cc1c(Br)sc2c1N(C)C(C)(C)NC2=O. The van der Waals surface area contributed by atoms with Crippen molar-refractivity contribution >= 4 is 38.9 Å². The highest BCUT2D eigenvalue weighted by atomic mass is 79.9. The molecule has 0 fully saturated rings. The molecule has 0 unspecified atom stereocenters. The number of fused-ring (bicyclic) bond motifs is 1. The largest absolute Gasteiger partial charge is 0.351 e. The highest BCUT2D eigenvalue weighted by Gasteiger charge is 2.37. The van der Waals surface area contributed by atoms with Gasteiger partial charge >= 0.3 is 0 Å². The molecule has 1 aliphatic heterocycles. The quantitative estimate of drug-likeness (QED) is 0.796. The minimum atomic E-state index is -0.324. The van der Waals surface area contributed by atoms with E-state index in [0.717, 1.165) is 19.9 Å². The van der Waals surface area contributed by atoms with Gasteiger partial charge < -0.3 is 10.2 Å². The van der Waals surface area contributed by atoms with Gasteiger partial charge in [-0.1, -0.05) is 0 Å². The molecule has 5 heteroatoms. The van der Waals surface area contributed by atoms with E-state index in [1.54, 1.807) is 0 Å². The number of anilines is 1. The Hall–Kier alpha value is -0.550. The van der Waals surface area contributed by atoms with Gasteiger partial charge in [-0.05, 0) is 42.3 Å². The first kappa shape index (κ1) is 11.0. The van der Waals surface area contributed by atoms with Gasteiger partial charge in [0.25, 0.3) is 5.91 Å². The predicted octanol–water partition coefficient (Wildman–Crippen LogP) is 2.73. The first-order chi connectivity index (χ1) is 6.84. The maximum atomic E-state index is 11.9. The molecule has 0 saturated heterocycles. The molecule has 1 N–H and O–H groups in total. The average molecular weight is 289 g/mol. The van der Waals surface area contributed by atoms with Crippen LogP contribution >= 0.6 is 27.3 Å². The predicted molar refractivity (Wildman–Crippen MR) is 66.7 cm³/mol. The zero-order valence-electron chi connectivity index (χ0n) is 9.14. The number of rotatable bonds is 0. The summed E-state index contributed by atoms with van der Waals surface area (Å²) in [6.45, 7) is 6.03. The fraction of sp³-hybridized carbons (Fsp3) is 0.500. The number of hydrogen-bond donors (Lipinski definition) is 1. The average Bonchev–Trinajstić information content (AvgIpc) is 2.40. The third-order valence-corrected chi connectivity index (χ3v) is 5.01. The molecule has 0 saturated carbocycles. The molecule has 0 radical (unpaired) electrons. The second-order valence-corrected chi connectivity index (χ2v) is 6.59. The van der Waals surface area contributed by atoms with Crippen molar-refractivity contribution in [1.29, 1.82) is 0 Å². The van der Waals surface area contributed by atoms with E-state index in [9.17, 15) is 4.79 Å². The van der Waals surface area contributed by atoms with Crippen molar-refractivity contribution in [2.24, 2.45) is 0 Å². The minimum absolute atomic E-state index is 0.0203. The lowest BCUT2D eigenvalue weighted by atomic mass is 10.1. The third kappa shape index (κ3) is 1.49. The zero-order chi connectivity index (χ0) is 11.4. The Balaban J connectivity index is 2.65. The fourth-order valence-electron chi connectivity index (χ4n) is 1.73. The topological polar surface area (TPSA) is 32.3 Å². The Morgan fingerprint density at radius 1 is 1.47 bits per heavy atom. The summed E-state index contributed by atoms with van der Waals surface area (Å²) >= 11 is 4.97. The van der Waals surface area contributed by atoms with Crippen molar-refractivity contribution in [2.75, 3.05) is 11.9 Å². The molecule has 0 atom stereocenters. The van der Waals surface area contributed by atoms with Crippen LogP contribution in [0.15, 0.2) is 3.79 Å². The number of nitrogens with one attached hydrogen (secondary N) is 1. The maximum Gasteiger partial charge on any atom is 0.265 e. The normalized spacial score (nSPS) is 18.7. The molecule has 0 aromatic carbocycles. The van der Waals surface area contributed by atoms with Crippen LogP contribution in [-0.2, 0) is 0 Å². The summed E-state index contributed by atoms with van der Waals surface area (Å²) in [6.07, 6.45) is 0. The first-order valence-electron chi connectivity index (χ1n) is 4.70. The second kappa shape index (κ2) is 3.22. The van der Waals surface area contributed by atoms with Crippen LogP contribution in [0, 0.1) is 6.92 Å². The molecule has 1 aromatic heterocycles. The molecule has 1 amide bonds. The molecule has 0 spiro atoms. The highest BCUT2D eigenvalue weighted by Crippen LogP contribution is 2.42. The van der Waals surface area contributed by atoms with Crippen molar-refractivity contribution in [3.8, 4) is 0 Å². The van der Waals surface area contributed by atoms with Crippen LogP contribution in [-0.4, -0.2) is 18.6 Å². The van der Waals surface area contributed by atoms with Crippen LogP contribution in [0.1, 0.15) is 29.1 Å². The van der Waals surface area contributed by atoms with Crippen molar-refractivity contribution in [1.82, 2.24) is 5.32 Å². The van der Waals surface area contributed by atoms with E-state index in [0.29, 0.717) is 0 Å². The van der Waals surface area contributed by atoms with Crippen molar-refractivity contribution in [2.45, 2.75) is 26.4 Å². The molecule has 2 rings (SSSR count). The van der Waals surface area contributed by atoms with E-state index in [1.165, 1.54) is 11.3 Å². The summed E-state index contributed by atoms with van der Waals surface area (Å²) in [5, 5.41) is 2.98. The Morgan fingerprint density at radius 3 is 2.67 bits per heavy atom. The van der Waals surface area contributed by atoms with E-state index < -0.39 is 0 Å². The zero-order valence-corrected chi connectivity index (χ0v) is 11.5. The summed E-state index contributed by atoms with van der Waals surface area (Å²) in [7, 11) is 2.00. The molecule has 2 heterocycles. The molecular formula is C10H13BrN2OS. The number of hydrogen-bond acceptors (Lipinski definition) is 3. The van der Waals surface area contributed by atoms with Gasteiger partial charge in [-0.2, -0.15) is 0 Å². The van der Waals surface area contributed by atoms with E-state index in [4.69, 9.17) is 0 Å². The molecule has 3 nitrogen and oxygen atoms in total. The molecular weight excluding hydrogens is 276 g/mol. The summed E-state index contributed by atoms with van der Waals surface area (Å²) < 4.78 is 1.03. The summed E-state index contributed by atoms with van der Waals surface area (Å²) in [4.78, 5) is 14.8. The molecule has 1 aromatic rings. The Bertz CT molecular complexity index is 439. The number of amides is 1. The van der Waals surface area contributed by atoms with Gasteiger partial charge in [0, 0.05) is 7.05 Å². The molecule has 0 bridgehead atoms. The lowest BCUT2D eigenvalue weighted by Crippen LogP contribution is -2.58. The Kier molecular flexibility index (Phi) is 2.35. The lowest BCUT2D eigenvalue weighted by Gasteiger charge is -2.41. The van der Waals surface area contributed by atoms with E-state index in [1.807, 2.05) is 27.8 Å². The van der Waals surface area contributed by atoms with Crippen LogP contribution in [0.25, 0.3) is 0 Å². The number of thiophene rings is 1. The maximum absolute atomic E-state index is 11.9. The number of carbonyl (C=O) groups is 1. The summed E-state index contributed by atoms with van der Waals surface area (Å²) in [5.74, 6) is 0.0203. The first-order valence-corrected chi connectivity index (χ1v) is 6.31. The van der Waals surface area contributed by atoms with Gasteiger partial charge in [-0.25, -0.2) is 0 Å². The standard InChI is InChI=1S/C10H13BrN2OS/c1-5-6-7(15-8(5)11)9(14)12-10(2,3)13(6)4/h1-4H3,(H,12,14). The van der Waals surface area contributed by atoms with Crippen LogP contribution in [0.3, 0.4) is 0 Å². The van der Waals surface area contributed by atoms with Crippen molar-refractivity contribution in [3.63, 3.8) is 0 Å². The van der Waals surface area contributed by atoms with Crippen LogP contribution < -0.4 is 10.2 Å². The van der Waals surface area contributed by atoms with Crippen LogP contribution in [0.2, 0.25) is 0 Å². The van der Waals surface area contributed by atoms with Gasteiger partial charge in [0.15, 0.2) is 0 Å². The van der Waals surface area contributed by atoms with Crippen LogP contribution in [0.4, 0.5) is 5.69 Å². The van der Waals surface area contributed by atoms with Gasteiger partial charge in [-0.3, -0.25) is 4.79 Å². The van der Waals surface area contributed by atoms with E-state index in [-0.39, 0.29) is 11.6 Å². The van der Waals surface area contributed by atoms with Gasteiger partial charge in [0.2, 0.25) is 0 Å². The molecule has 1 aliphatic rings. The van der Waals surface area contributed by atoms with Crippen molar-refractivity contribution < 1.29 is 4.79 Å². The van der Waals surface area contributed by atoms with E-state index in [2.05, 4.69) is 26.1 Å². The summed E-state index contributed by atoms with van der Waals surface area (Å²) in [5.41, 5.74) is 1.86. The Labute approximate surface area is 102 Å². The minimum Gasteiger partial charge on any atom is -0.351 e. The van der Waals surface area contributed by atoms with Gasteiger partial charge in [0.05, 0.1) is 9.47 Å². The fourth-order valence-corrected chi connectivity index (χ4v) is 3.37. The number of carbonyl (C=O) groups excluding carboxylic acids is 1. The number of halogens is 1. The summed E-state index contributed by atoms with van der Waals surface area (Å²) in [6, 6.07) is 0. The van der Waals surface area contributed by atoms with E-state index >= 15 is 0 Å². The monoisotopic (exact) mass is 288 g/mol. The second-order valence-electron chi connectivity index (χ2n) is 4.25.